The van der Waals surface area contributed by atoms with E-state index < -0.39 is 0 Å². The van der Waals surface area contributed by atoms with Crippen molar-refractivity contribution in [1.29, 1.82) is 5.26 Å². The number of aromatic nitrogens is 3. The monoisotopic (exact) mass is 243 g/mol. The molecule has 5 nitrogen and oxygen atoms in total. The molecule has 0 atom stereocenters. The molecule has 0 amide bonds. The molecule has 2 aromatic heterocycles. The molecule has 5 heteroatoms. The Labute approximate surface area is 107 Å². The summed E-state index contributed by atoms with van der Waals surface area (Å²) in [5, 5.41) is 16.5. The summed E-state index contributed by atoms with van der Waals surface area (Å²) in [5.41, 5.74) is 3.94. The third-order valence-electron chi connectivity index (χ3n) is 3.19. The summed E-state index contributed by atoms with van der Waals surface area (Å²) >= 11 is 0. The van der Waals surface area contributed by atoms with Crippen molar-refractivity contribution in [1.82, 2.24) is 14.3 Å². The number of anilines is 1. The van der Waals surface area contributed by atoms with Gasteiger partial charge in [-0.2, -0.15) is 10.4 Å². The molecular weight excluding hydrogens is 226 g/mol. The van der Waals surface area contributed by atoms with E-state index >= 15 is 0 Å². The standard InChI is InChI=1S/C13H17N5/c1-4-18-9-12(8-16-18)15-7-11-5-13(6-14)17(3)10(11)2/h5,8-9,15H,4,7H2,1-3H3. The number of nitriles is 1. The highest BCUT2D eigenvalue weighted by atomic mass is 15.3. The zero-order valence-electron chi connectivity index (χ0n) is 10.9. The average Bonchev–Trinajstić information content (AvgIpc) is 2.95. The Bertz CT molecular complexity index is 585. The summed E-state index contributed by atoms with van der Waals surface area (Å²) in [6.07, 6.45) is 3.79. The molecule has 2 heterocycles. The highest BCUT2D eigenvalue weighted by molar-refractivity contribution is 5.41. The van der Waals surface area contributed by atoms with Gasteiger partial charge < -0.3 is 9.88 Å². The molecule has 0 saturated carbocycles. The summed E-state index contributed by atoms with van der Waals surface area (Å²) < 4.78 is 3.79. The minimum atomic E-state index is 0.688. The molecule has 0 aliphatic carbocycles. The number of hydrogen-bond acceptors (Lipinski definition) is 3. The van der Waals surface area contributed by atoms with E-state index in [1.165, 1.54) is 0 Å². The Morgan fingerprint density at radius 2 is 2.28 bits per heavy atom. The second-order valence-electron chi connectivity index (χ2n) is 4.25. The van der Waals surface area contributed by atoms with E-state index in [4.69, 9.17) is 5.26 Å². The quantitative estimate of drug-likeness (QED) is 0.894. The molecule has 2 aromatic rings. The minimum Gasteiger partial charge on any atom is -0.378 e. The molecule has 0 bridgehead atoms. The minimum absolute atomic E-state index is 0.688. The molecule has 0 aliphatic heterocycles. The lowest BCUT2D eigenvalue weighted by atomic mass is 10.2. The van der Waals surface area contributed by atoms with Crippen LogP contribution >= 0.6 is 0 Å². The second kappa shape index (κ2) is 4.96. The average molecular weight is 243 g/mol. The van der Waals surface area contributed by atoms with E-state index in [-0.39, 0.29) is 0 Å². The van der Waals surface area contributed by atoms with Crippen molar-refractivity contribution >= 4 is 5.69 Å². The third kappa shape index (κ3) is 2.23. The van der Waals surface area contributed by atoms with Crippen molar-refractivity contribution in [3.05, 3.63) is 35.4 Å². The fourth-order valence-corrected chi connectivity index (χ4v) is 1.87. The zero-order chi connectivity index (χ0) is 13.1. The van der Waals surface area contributed by atoms with Gasteiger partial charge in [0.2, 0.25) is 0 Å². The Hall–Kier alpha value is -2.22. The molecule has 18 heavy (non-hydrogen) atoms. The topological polar surface area (TPSA) is 58.6 Å². The Morgan fingerprint density at radius 3 is 2.83 bits per heavy atom. The number of nitrogens with zero attached hydrogens (tertiary/aromatic N) is 4. The van der Waals surface area contributed by atoms with Gasteiger partial charge in [-0.25, -0.2) is 0 Å². The van der Waals surface area contributed by atoms with Gasteiger partial charge in [0.25, 0.3) is 0 Å². The first-order chi connectivity index (χ1) is 8.65. The van der Waals surface area contributed by atoms with Crippen LogP contribution in [-0.2, 0) is 20.1 Å². The van der Waals surface area contributed by atoms with Crippen LogP contribution in [0.2, 0.25) is 0 Å². The van der Waals surface area contributed by atoms with Crippen LogP contribution in [0, 0.1) is 18.3 Å². The van der Waals surface area contributed by atoms with Crippen molar-refractivity contribution in [2.45, 2.75) is 26.9 Å². The Morgan fingerprint density at radius 1 is 1.50 bits per heavy atom. The molecule has 0 aliphatic rings. The van der Waals surface area contributed by atoms with E-state index in [0.717, 1.165) is 23.5 Å². The van der Waals surface area contributed by atoms with Crippen LogP contribution in [0.3, 0.4) is 0 Å². The van der Waals surface area contributed by atoms with E-state index in [9.17, 15) is 0 Å². The lowest BCUT2D eigenvalue weighted by Crippen LogP contribution is -2.01. The molecule has 2 rings (SSSR count). The highest BCUT2D eigenvalue weighted by Gasteiger charge is 2.08. The number of aryl methyl sites for hydroxylation is 1. The van der Waals surface area contributed by atoms with Gasteiger partial charge in [-0.1, -0.05) is 0 Å². The maximum Gasteiger partial charge on any atom is 0.120 e. The highest BCUT2D eigenvalue weighted by Crippen LogP contribution is 2.15. The van der Waals surface area contributed by atoms with E-state index in [1.807, 2.05) is 41.7 Å². The van der Waals surface area contributed by atoms with Gasteiger partial charge in [-0.05, 0) is 25.5 Å². The van der Waals surface area contributed by atoms with Crippen LogP contribution < -0.4 is 5.32 Å². The van der Waals surface area contributed by atoms with Gasteiger partial charge in [0.15, 0.2) is 0 Å². The van der Waals surface area contributed by atoms with Crippen molar-refractivity contribution < 1.29 is 0 Å². The molecule has 94 valence electrons. The van der Waals surface area contributed by atoms with Gasteiger partial charge >= 0.3 is 0 Å². The normalized spacial score (nSPS) is 10.3. The lowest BCUT2D eigenvalue weighted by Gasteiger charge is -2.04. The summed E-state index contributed by atoms with van der Waals surface area (Å²) in [6, 6.07) is 4.11. The first-order valence-corrected chi connectivity index (χ1v) is 5.97. The SMILES string of the molecule is CCn1cc(NCc2cc(C#N)n(C)c2C)cn1. The van der Waals surface area contributed by atoms with Crippen LogP contribution in [-0.4, -0.2) is 14.3 Å². The van der Waals surface area contributed by atoms with Crippen molar-refractivity contribution in [3.63, 3.8) is 0 Å². The second-order valence-corrected chi connectivity index (χ2v) is 4.25. The first-order valence-electron chi connectivity index (χ1n) is 5.97. The Kier molecular flexibility index (Phi) is 3.38. The predicted octanol–water partition coefficient (Wildman–Crippen LogP) is 2.03. The maximum absolute atomic E-state index is 8.97. The molecule has 0 saturated heterocycles. The van der Waals surface area contributed by atoms with Crippen LogP contribution in [0.4, 0.5) is 5.69 Å². The summed E-state index contributed by atoms with van der Waals surface area (Å²) in [6.45, 7) is 5.64. The van der Waals surface area contributed by atoms with Gasteiger partial charge in [0.05, 0.1) is 11.9 Å². The molecule has 1 N–H and O–H groups in total. The fraction of sp³-hybridized carbons (Fsp3) is 0.385. The molecule has 0 radical (unpaired) electrons. The molecular formula is C13H17N5. The molecule has 0 unspecified atom stereocenters. The summed E-state index contributed by atoms with van der Waals surface area (Å²) in [4.78, 5) is 0. The fourth-order valence-electron chi connectivity index (χ4n) is 1.87. The van der Waals surface area contributed by atoms with Crippen molar-refractivity contribution in [3.8, 4) is 6.07 Å². The summed E-state index contributed by atoms with van der Waals surface area (Å²) in [7, 11) is 1.91. The van der Waals surface area contributed by atoms with Gasteiger partial charge in [-0.15, -0.1) is 0 Å². The first kappa shape index (κ1) is 12.2. The van der Waals surface area contributed by atoms with Crippen LogP contribution in [0.25, 0.3) is 0 Å². The van der Waals surface area contributed by atoms with Crippen LogP contribution in [0.5, 0.6) is 0 Å². The third-order valence-corrected chi connectivity index (χ3v) is 3.19. The maximum atomic E-state index is 8.97. The molecule has 0 aromatic carbocycles. The molecule has 0 fully saturated rings. The van der Waals surface area contributed by atoms with Crippen LogP contribution in [0.1, 0.15) is 23.9 Å². The van der Waals surface area contributed by atoms with Crippen molar-refractivity contribution in [2.75, 3.05) is 5.32 Å². The van der Waals surface area contributed by atoms with Crippen molar-refractivity contribution in [2.24, 2.45) is 7.05 Å². The molecule has 0 spiro atoms. The number of nitrogens with one attached hydrogen (secondary N) is 1. The van der Waals surface area contributed by atoms with Gasteiger partial charge in [-0.3, -0.25) is 4.68 Å². The number of rotatable bonds is 4. The smallest absolute Gasteiger partial charge is 0.120 e. The largest absolute Gasteiger partial charge is 0.378 e. The van der Waals surface area contributed by atoms with Gasteiger partial charge in [0.1, 0.15) is 11.8 Å². The van der Waals surface area contributed by atoms with E-state index in [0.29, 0.717) is 12.2 Å². The number of hydrogen-bond donors (Lipinski definition) is 1. The van der Waals surface area contributed by atoms with E-state index in [2.05, 4.69) is 23.4 Å². The van der Waals surface area contributed by atoms with Crippen LogP contribution in [0.15, 0.2) is 18.5 Å². The predicted molar refractivity (Wildman–Crippen MR) is 70.1 cm³/mol. The lowest BCUT2D eigenvalue weighted by molar-refractivity contribution is 0.660. The van der Waals surface area contributed by atoms with E-state index in [1.54, 1.807) is 0 Å². The zero-order valence-corrected chi connectivity index (χ0v) is 10.9. The summed E-state index contributed by atoms with van der Waals surface area (Å²) in [5.74, 6) is 0. The Balaban J connectivity index is 2.09. The van der Waals surface area contributed by atoms with Gasteiger partial charge in [0, 0.05) is 32.0 Å².